The van der Waals surface area contributed by atoms with Gasteiger partial charge in [-0.2, -0.15) is 5.10 Å². The van der Waals surface area contributed by atoms with Gasteiger partial charge in [-0.1, -0.05) is 24.3 Å². The first-order chi connectivity index (χ1) is 14.7. The van der Waals surface area contributed by atoms with Crippen molar-refractivity contribution in [3.05, 3.63) is 71.6 Å². The molecule has 152 valence electrons. The molecule has 1 saturated heterocycles. The average molecular weight is 419 g/mol. The quantitative estimate of drug-likeness (QED) is 0.500. The summed E-state index contributed by atoms with van der Waals surface area (Å²) in [5, 5.41) is 10.9. The van der Waals surface area contributed by atoms with E-state index in [-0.39, 0.29) is 17.8 Å². The Morgan fingerprint density at radius 3 is 2.70 bits per heavy atom. The number of aromatic nitrogens is 5. The summed E-state index contributed by atoms with van der Waals surface area (Å²) in [6.07, 6.45) is 4.77. The summed E-state index contributed by atoms with van der Waals surface area (Å²) in [5.74, 6) is 0.790. The highest BCUT2D eigenvalue weighted by molar-refractivity contribution is 7.13. The molecule has 7 nitrogen and oxygen atoms in total. The van der Waals surface area contributed by atoms with Gasteiger partial charge in [-0.25, -0.2) is 9.67 Å². The van der Waals surface area contributed by atoms with Crippen molar-refractivity contribution in [3.63, 3.8) is 0 Å². The van der Waals surface area contributed by atoms with E-state index in [0.29, 0.717) is 12.4 Å². The molecule has 0 radical (unpaired) electrons. The predicted octanol–water partition coefficient (Wildman–Crippen LogP) is 4.10. The molecule has 3 aromatic heterocycles. The Labute approximate surface area is 178 Å². The van der Waals surface area contributed by atoms with Gasteiger partial charge in [-0.15, -0.1) is 16.4 Å². The molecule has 1 amide bonds. The fourth-order valence-electron chi connectivity index (χ4n) is 4.04. The standard InChI is InChI=1S/C22H22N6OS/c1-26-17(12-13-23-26)18-10-5-6-14-27(18)22(29)20-24-21(19-11-7-15-30-19)28(25-20)16-8-3-2-4-9-16/h2-4,7-9,11-13,15,18H,5-6,10,14H2,1H3/t18-/m1/s1. The van der Waals surface area contributed by atoms with Crippen molar-refractivity contribution in [2.75, 3.05) is 6.54 Å². The number of benzene rings is 1. The highest BCUT2D eigenvalue weighted by Crippen LogP contribution is 2.32. The van der Waals surface area contributed by atoms with Gasteiger partial charge >= 0.3 is 0 Å². The van der Waals surface area contributed by atoms with Gasteiger partial charge in [0.15, 0.2) is 5.82 Å². The van der Waals surface area contributed by atoms with Gasteiger partial charge < -0.3 is 4.90 Å². The van der Waals surface area contributed by atoms with E-state index in [4.69, 9.17) is 4.98 Å². The minimum absolute atomic E-state index is 0.00684. The van der Waals surface area contributed by atoms with Gasteiger partial charge in [0.05, 0.1) is 22.3 Å². The van der Waals surface area contributed by atoms with E-state index in [1.165, 1.54) is 0 Å². The predicted molar refractivity (Wildman–Crippen MR) is 116 cm³/mol. The number of piperidine rings is 1. The maximum Gasteiger partial charge on any atom is 0.294 e. The number of para-hydroxylation sites is 1. The van der Waals surface area contributed by atoms with E-state index >= 15 is 0 Å². The number of nitrogens with zero attached hydrogens (tertiary/aromatic N) is 6. The van der Waals surface area contributed by atoms with Crippen LogP contribution in [0.2, 0.25) is 0 Å². The zero-order valence-electron chi connectivity index (χ0n) is 16.7. The molecule has 1 aromatic carbocycles. The number of amides is 1. The summed E-state index contributed by atoms with van der Waals surface area (Å²) in [4.78, 5) is 21.1. The van der Waals surface area contributed by atoms with Crippen LogP contribution in [0.1, 0.15) is 41.6 Å². The van der Waals surface area contributed by atoms with Crippen molar-refractivity contribution in [2.24, 2.45) is 7.05 Å². The molecule has 0 aliphatic carbocycles. The molecule has 8 heteroatoms. The molecule has 5 rings (SSSR count). The molecule has 0 unspecified atom stereocenters. The van der Waals surface area contributed by atoms with E-state index in [2.05, 4.69) is 10.2 Å². The topological polar surface area (TPSA) is 68.8 Å². The van der Waals surface area contributed by atoms with Crippen molar-refractivity contribution >= 4 is 17.2 Å². The molecule has 1 fully saturated rings. The van der Waals surface area contributed by atoms with Gasteiger partial charge in [0.1, 0.15) is 0 Å². The molecule has 4 heterocycles. The average Bonchev–Trinajstić information content (AvgIpc) is 3.54. The Morgan fingerprint density at radius 2 is 1.97 bits per heavy atom. The maximum atomic E-state index is 13.5. The fourth-order valence-corrected chi connectivity index (χ4v) is 4.74. The van der Waals surface area contributed by atoms with Gasteiger partial charge in [-0.05, 0) is 48.9 Å². The lowest BCUT2D eigenvalue weighted by atomic mass is 9.99. The number of likely N-dealkylation sites (tertiary alicyclic amines) is 1. The van der Waals surface area contributed by atoms with Crippen molar-refractivity contribution in [2.45, 2.75) is 25.3 Å². The largest absolute Gasteiger partial charge is 0.327 e. The Kier molecular flexibility index (Phi) is 4.92. The highest BCUT2D eigenvalue weighted by Gasteiger charge is 2.33. The molecule has 0 spiro atoms. The molecule has 0 bridgehead atoms. The van der Waals surface area contributed by atoms with Gasteiger partial charge in [0.25, 0.3) is 5.91 Å². The van der Waals surface area contributed by atoms with Crippen molar-refractivity contribution in [1.82, 2.24) is 29.4 Å². The lowest BCUT2D eigenvalue weighted by Crippen LogP contribution is -2.39. The number of hydrogen-bond acceptors (Lipinski definition) is 5. The third-order valence-electron chi connectivity index (χ3n) is 5.50. The number of aryl methyl sites for hydroxylation is 1. The number of rotatable bonds is 4. The molecule has 4 aromatic rings. The van der Waals surface area contributed by atoms with Gasteiger partial charge in [-0.3, -0.25) is 9.48 Å². The van der Waals surface area contributed by atoms with Crippen LogP contribution in [0.25, 0.3) is 16.4 Å². The van der Waals surface area contributed by atoms with Crippen molar-refractivity contribution < 1.29 is 4.79 Å². The summed E-state index contributed by atoms with van der Waals surface area (Å²) < 4.78 is 3.62. The van der Waals surface area contributed by atoms with Crippen molar-refractivity contribution in [1.29, 1.82) is 0 Å². The number of carbonyl (C=O) groups excluding carboxylic acids is 1. The summed E-state index contributed by atoms with van der Waals surface area (Å²) in [6, 6.07) is 15.8. The van der Waals surface area contributed by atoms with Crippen molar-refractivity contribution in [3.8, 4) is 16.4 Å². The first kappa shape index (κ1) is 18.7. The first-order valence-corrected chi connectivity index (χ1v) is 11.0. The zero-order valence-corrected chi connectivity index (χ0v) is 17.5. The van der Waals surface area contributed by atoms with E-state index < -0.39 is 0 Å². The lowest BCUT2D eigenvalue weighted by molar-refractivity contribution is 0.0588. The molecule has 0 saturated carbocycles. The second-order valence-corrected chi connectivity index (χ2v) is 8.32. The number of carbonyl (C=O) groups is 1. The highest BCUT2D eigenvalue weighted by atomic mass is 32.1. The number of hydrogen-bond donors (Lipinski definition) is 0. The number of thiophene rings is 1. The van der Waals surface area contributed by atoms with E-state index in [9.17, 15) is 4.79 Å². The molecular weight excluding hydrogens is 396 g/mol. The smallest absolute Gasteiger partial charge is 0.294 e. The zero-order chi connectivity index (χ0) is 20.5. The third-order valence-corrected chi connectivity index (χ3v) is 6.37. The monoisotopic (exact) mass is 418 g/mol. The summed E-state index contributed by atoms with van der Waals surface area (Å²) >= 11 is 1.59. The minimum Gasteiger partial charge on any atom is -0.327 e. The van der Waals surface area contributed by atoms with Crippen LogP contribution in [0.5, 0.6) is 0 Å². The van der Waals surface area contributed by atoms with Crippen LogP contribution in [-0.2, 0) is 7.05 Å². The van der Waals surface area contributed by atoms with E-state index in [1.807, 2.05) is 70.5 Å². The normalized spacial score (nSPS) is 16.7. The Balaban J connectivity index is 1.55. The van der Waals surface area contributed by atoms with Crippen LogP contribution in [0, 0.1) is 0 Å². The molecule has 30 heavy (non-hydrogen) atoms. The lowest BCUT2D eigenvalue weighted by Gasteiger charge is -2.35. The molecule has 0 N–H and O–H groups in total. The van der Waals surface area contributed by atoms with Crippen LogP contribution in [0.4, 0.5) is 0 Å². The SMILES string of the molecule is Cn1nccc1[C@H]1CCCCN1C(=O)c1nc(-c2cccs2)n(-c2ccccc2)n1. The second-order valence-electron chi connectivity index (χ2n) is 7.37. The summed E-state index contributed by atoms with van der Waals surface area (Å²) in [5.41, 5.74) is 1.93. The molecular formula is C22H22N6OS. The Morgan fingerprint density at radius 1 is 1.10 bits per heavy atom. The van der Waals surface area contributed by atoms with Crippen LogP contribution in [0.3, 0.4) is 0 Å². The Bertz CT molecular complexity index is 1150. The van der Waals surface area contributed by atoms with Gasteiger partial charge in [0, 0.05) is 19.8 Å². The molecule has 1 aliphatic rings. The van der Waals surface area contributed by atoms with Crippen LogP contribution in [0.15, 0.2) is 60.1 Å². The van der Waals surface area contributed by atoms with E-state index in [1.54, 1.807) is 22.2 Å². The van der Waals surface area contributed by atoms with E-state index in [0.717, 1.165) is 35.5 Å². The maximum absolute atomic E-state index is 13.5. The molecule has 1 aliphatic heterocycles. The minimum atomic E-state index is -0.131. The van der Waals surface area contributed by atoms with Crippen LogP contribution in [-0.4, -0.2) is 41.9 Å². The van der Waals surface area contributed by atoms with Crippen LogP contribution < -0.4 is 0 Å². The summed E-state index contributed by atoms with van der Waals surface area (Å²) in [6.45, 7) is 0.697. The first-order valence-electron chi connectivity index (χ1n) is 10.1. The van der Waals surface area contributed by atoms with Gasteiger partial charge in [0.2, 0.25) is 5.82 Å². The molecule has 1 atom stereocenters. The Hall–Kier alpha value is -3.26. The summed E-state index contributed by atoms with van der Waals surface area (Å²) in [7, 11) is 1.92. The third kappa shape index (κ3) is 3.33. The second kappa shape index (κ2) is 7.87. The van der Waals surface area contributed by atoms with Crippen LogP contribution >= 0.6 is 11.3 Å². The fraction of sp³-hybridized carbons (Fsp3) is 0.273.